The minimum Gasteiger partial charge on any atom is -0.460 e. The van der Waals surface area contributed by atoms with Gasteiger partial charge in [0.2, 0.25) is 5.89 Å². The molecule has 0 aliphatic heterocycles. The summed E-state index contributed by atoms with van der Waals surface area (Å²) in [4.78, 5) is 10.3. The zero-order valence-corrected chi connectivity index (χ0v) is 14.0. The molecule has 1 aromatic heterocycles. The lowest BCUT2D eigenvalue weighted by atomic mass is 10.2. The molecule has 1 heterocycles. The summed E-state index contributed by atoms with van der Waals surface area (Å²) < 4.78 is 14.3. The van der Waals surface area contributed by atoms with Gasteiger partial charge in [0, 0.05) is 25.7 Å². The average molecular weight is 328 g/mol. The third kappa shape index (κ3) is 7.92. The van der Waals surface area contributed by atoms with Crippen LogP contribution in [0.25, 0.3) is 0 Å². The summed E-state index contributed by atoms with van der Waals surface area (Å²) in [5.41, 5.74) is 2.16. The number of rotatable bonds is 4. The minimum absolute atomic E-state index is 0.293. The number of carbonyl (C=O) groups excluding carboxylic acids is 1. The first-order valence-corrected chi connectivity index (χ1v) is 7.22. The lowest BCUT2D eigenvalue weighted by molar-refractivity contribution is -0.138. The first kappa shape index (κ1) is 19.1. The maximum absolute atomic E-state index is 10.3. The van der Waals surface area contributed by atoms with Gasteiger partial charge in [-0.2, -0.15) is 0 Å². The molecule has 0 saturated carbocycles. The highest BCUT2D eigenvalue weighted by atomic mass is 16.6. The van der Waals surface area contributed by atoms with Crippen LogP contribution >= 0.6 is 0 Å². The van der Waals surface area contributed by atoms with E-state index >= 15 is 0 Å². The fourth-order valence-corrected chi connectivity index (χ4v) is 1.39. The Labute approximate surface area is 141 Å². The van der Waals surface area contributed by atoms with Gasteiger partial charge in [-0.25, -0.2) is 4.79 Å². The molecule has 126 valence electrons. The number of methoxy groups -OCH3 is 1. The number of benzene rings is 1. The van der Waals surface area contributed by atoms with Gasteiger partial charge >= 0.3 is 5.97 Å². The van der Waals surface area contributed by atoms with Crippen molar-refractivity contribution < 1.29 is 18.7 Å². The molecule has 2 rings (SSSR count). The molecular weight excluding hydrogens is 308 g/mol. The Balaban J connectivity index is 0.000000277. The summed E-state index contributed by atoms with van der Waals surface area (Å²) in [6.07, 6.45) is 1.12. The van der Waals surface area contributed by atoms with Gasteiger partial charge in [0.1, 0.15) is 6.61 Å². The topological polar surface area (TPSA) is 74.5 Å². The fourth-order valence-electron chi connectivity index (χ4n) is 1.39. The number of carbonyl (C=O) groups is 1. The van der Waals surface area contributed by atoms with Gasteiger partial charge in [0.25, 0.3) is 5.89 Å². The van der Waals surface area contributed by atoms with E-state index in [1.54, 1.807) is 14.0 Å². The van der Waals surface area contributed by atoms with E-state index in [1.807, 2.05) is 31.2 Å². The van der Waals surface area contributed by atoms with Crippen LogP contribution in [0.1, 0.15) is 22.9 Å². The summed E-state index contributed by atoms with van der Waals surface area (Å²) >= 11 is 0. The molecule has 0 bridgehead atoms. The molecule has 0 unspecified atom stereocenters. The molecule has 0 radical (unpaired) electrons. The van der Waals surface area contributed by atoms with E-state index in [2.05, 4.69) is 38.1 Å². The van der Waals surface area contributed by atoms with Crippen molar-refractivity contribution in [2.24, 2.45) is 0 Å². The molecule has 0 N–H and O–H groups in total. The van der Waals surface area contributed by atoms with E-state index in [9.17, 15) is 4.79 Å². The van der Waals surface area contributed by atoms with Crippen molar-refractivity contribution in [1.29, 1.82) is 0 Å². The van der Waals surface area contributed by atoms with E-state index in [4.69, 9.17) is 4.42 Å². The third-order valence-electron chi connectivity index (χ3n) is 2.59. The van der Waals surface area contributed by atoms with Crippen LogP contribution in [0, 0.1) is 25.7 Å². The number of hydrogen-bond acceptors (Lipinski definition) is 6. The lowest BCUT2D eigenvalue weighted by Crippen LogP contribution is -2.06. The highest BCUT2D eigenvalue weighted by molar-refractivity contribution is 5.81. The molecule has 0 aliphatic rings. The Hall–Kier alpha value is -2.91. The zero-order valence-electron chi connectivity index (χ0n) is 14.0. The first-order valence-electron chi connectivity index (χ1n) is 7.22. The smallest absolute Gasteiger partial charge is 0.330 e. The largest absolute Gasteiger partial charge is 0.460 e. The van der Waals surface area contributed by atoms with Gasteiger partial charge in [-0.3, -0.25) is 0 Å². The Morgan fingerprint density at radius 2 is 1.92 bits per heavy atom. The highest BCUT2D eigenvalue weighted by Gasteiger charge is 1.95. The number of aryl methyl sites for hydroxylation is 2. The van der Waals surface area contributed by atoms with Gasteiger partial charge in [0.15, 0.2) is 0 Å². The normalized spacial score (nSPS) is 9.12. The first-order chi connectivity index (χ1) is 11.5. The Kier molecular flexibility index (Phi) is 8.58. The highest BCUT2D eigenvalue weighted by Crippen LogP contribution is 2.02. The Morgan fingerprint density at radius 1 is 1.21 bits per heavy atom. The second-order valence-electron chi connectivity index (χ2n) is 4.61. The fraction of sp³-hybridized carbons (Fsp3) is 0.278. The van der Waals surface area contributed by atoms with Crippen molar-refractivity contribution in [2.45, 2.75) is 13.8 Å². The number of nitrogens with zero attached hydrogens (tertiary/aromatic N) is 2. The molecule has 0 spiro atoms. The molecule has 24 heavy (non-hydrogen) atoms. The third-order valence-corrected chi connectivity index (χ3v) is 2.59. The van der Waals surface area contributed by atoms with Crippen LogP contribution in [0.3, 0.4) is 0 Å². The van der Waals surface area contributed by atoms with Gasteiger partial charge in [-0.15, -0.1) is 5.10 Å². The average Bonchev–Trinajstić information content (AvgIpc) is 3.00. The quantitative estimate of drug-likeness (QED) is 0.371. The van der Waals surface area contributed by atoms with Crippen LogP contribution < -0.4 is 0 Å². The minimum atomic E-state index is -0.410. The van der Waals surface area contributed by atoms with Gasteiger partial charge in [-0.05, 0) is 25.0 Å². The number of ether oxygens (including phenoxy) is 2. The van der Waals surface area contributed by atoms with Crippen molar-refractivity contribution in [3.05, 3.63) is 59.8 Å². The predicted molar refractivity (Wildman–Crippen MR) is 89.2 cm³/mol. The number of aromatic nitrogens is 2. The monoisotopic (exact) mass is 328 g/mol. The van der Waals surface area contributed by atoms with Crippen molar-refractivity contribution in [2.75, 3.05) is 20.3 Å². The SMILES string of the molecule is C=CC(=O)OCCOC.Cc1ccc(C#Cc2nnc(C)o2)cc1. The molecule has 0 aliphatic carbocycles. The maximum atomic E-state index is 10.3. The molecule has 1 aromatic carbocycles. The summed E-state index contributed by atoms with van der Waals surface area (Å²) in [5, 5.41) is 7.48. The van der Waals surface area contributed by atoms with Crippen molar-refractivity contribution in [3.63, 3.8) is 0 Å². The van der Waals surface area contributed by atoms with Crippen LogP contribution in [0.4, 0.5) is 0 Å². The molecule has 2 aromatic rings. The zero-order chi connectivity index (χ0) is 17.8. The van der Waals surface area contributed by atoms with Crippen LogP contribution in [0.2, 0.25) is 0 Å². The second-order valence-corrected chi connectivity index (χ2v) is 4.61. The van der Waals surface area contributed by atoms with Crippen LogP contribution in [-0.2, 0) is 14.3 Å². The molecule has 0 amide bonds. The molecule has 6 nitrogen and oxygen atoms in total. The van der Waals surface area contributed by atoms with E-state index in [-0.39, 0.29) is 0 Å². The van der Waals surface area contributed by atoms with Gasteiger partial charge in [-0.1, -0.05) is 35.3 Å². The molecule has 0 atom stereocenters. The maximum Gasteiger partial charge on any atom is 0.330 e. The van der Waals surface area contributed by atoms with Crippen molar-refractivity contribution in [3.8, 4) is 11.8 Å². The number of esters is 1. The molecule has 0 fully saturated rings. The van der Waals surface area contributed by atoms with Gasteiger partial charge < -0.3 is 13.9 Å². The number of hydrogen-bond donors (Lipinski definition) is 0. The van der Waals surface area contributed by atoms with Crippen molar-refractivity contribution >= 4 is 5.97 Å². The summed E-state index contributed by atoms with van der Waals surface area (Å²) in [7, 11) is 1.54. The van der Waals surface area contributed by atoms with Gasteiger partial charge in [0.05, 0.1) is 6.61 Å². The summed E-state index contributed by atoms with van der Waals surface area (Å²) in [6.45, 7) is 7.73. The van der Waals surface area contributed by atoms with E-state index in [1.165, 1.54) is 5.56 Å². The Bertz CT molecular complexity index is 709. The Morgan fingerprint density at radius 3 is 2.46 bits per heavy atom. The summed E-state index contributed by atoms with van der Waals surface area (Å²) in [6, 6.07) is 7.96. The van der Waals surface area contributed by atoms with E-state index in [0.29, 0.717) is 25.0 Å². The molecule has 0 saturated heterocycles. The second kappa shape index (κ2) is 10.8. The van der Waals surface area contributed by atoms with Crippen LogP contribution in [0.15, 0.2) is 41.3 Å². The van der Waals surface area contributed by atoms with E-state index in [0.717, 1.165) is 11.6 Å². The summed E-state index contributed by atoms with van der Waals surface area (Å²) in [5.74, 6) is 6.24. The lowest BCUT2D eigenvalue weighted by Gasteiger charge is -1.98. The predicted octanol–water partition coefficient (Wildman–Crippen LogP) is 2.45. The molecular formula is C18H20N2O4. The van der Waals surface area contributed by atoms with Crippen LogP contribution in [-0.4, -0.2) is 36.5 Å². The van der Waals surface area contributed by atoms with Crippen LogP contribution in [0.5, 0.6) is 0 Å². The van der Waals surface area contributed by atoms with Crippen molar-refractivity contribution in [1.82, 2.24) is 10.2 Å². The molecule has 6 heteroatoms. The standard InChI is InChI=1S/C12H10N2O.C6H10O3/c1-9-3-5-11(6-4-9)7-8-12-14-13-10(2)15-12;1-3-6(7)9-5-4-8-2/h3-6H,1-2H3;3H,1,4-5H2,2H3. The van der Waals surface area contributed by atoms with E-state index < -0.39 is 5.97 Å².